The van der Waals surface area contributed by atoms with Gasteiger partial charge >= 0.3 is 0 Å². The van der Waals surface area contributed by atoms with E-state index >= 15 is 0 Å². The molecule has 0 radical (unpaired) electrons. The smallest absolute Gasteiger partial charge is 0.112 e. The van der Waals surface area contributed by atoms with Crippen LogP contribution in [0.4, 0.5) is 0 Å². The zero-order valence-corrected chi connectivity index (χ0v) is 6.34. The number of nitrogens with zero attached hydrogens (tertiary/aromatic N) is 1. The summed E-state index contributed by atoms with van der Waals surface area (Å²) in [6.07, 6.45) is -0.308. The van der Waals surface area contributed by atoms with E-state index in [1.54, 1.807) is 0 Å². The van der Waals surface area contributed by atoms with Gasteiger partial charge in [0.1, 0.15) is 6.04 Å². The molecule has 0 aromatic heterocycles. The zero-order valence-electron chi connectivity index (χ0n) is 6.34. The Bertz CT molecular complexity index is 130. The van der Waals surface area contributed by atoms with Crippen LogP contribution in [-0.4, -0.2) is 45.6 Å². The Morgan fingerprint density at radius 3 is 2.55 bits per heavy atom. The van der Waals surface area contributed by atoms with Gasteiger partial charge in [-0.15, -0.1) is 0 Å². The summed E-state index contributed by atoms with van der Waals surface area (Å²) >= 11 is 0. The lowest BCUT2D eigenvalue weighted by Gasteiger charge is -2.32. The predicted octanol–water partition coefficient (Wildman–Crippen LogP) is -0.395. The number of hydrogen-bond donors (Lipinski definition) is 3. The first-order chi connectivity index (χ1) is 5.11. The van der Waals surface area contributed by atoms with Crippen LogP contribution in [0.5, 0.6) is 0 Å². The van der Waals surface area contributed by atoms with Gasteiger partial charge in [-0.3, -0.25) is 10.4 Å². The first kappa shape index (κ1) is 8.89. The molecule has 1 aliphatic rings. The molecule has 0 amide bonds. The van der Waals surface area contributed by atoms with E-state index < -0.39 is 12.1 Å². The summed E-state index contributed by atoms with van der Waals surface area (Å²) in [7, 11) is 0. The molecule has 5 nitrogen and oxygen atoms in total. The van der Waals surface area contributed by atoms with Crippen LogP contribution < -0.4 is 0 Å². The minimum absolute atomic E-state index is 0.0105. The number of hydroxylamine groups is 2. The van der Waals surface area contributed by atoms with Crippen LogP contribution in [0.2, 0.25) is 0 Å². The first-order valence-electron chi connectivity index (χ1n) is 3.58. The molecule has 5 heteroatoms. The van der Waals surface area contributed by atoms with Gasteiger partial charge in [0.15, 0.2) is 0 Å². The molecule has 3 N–H and O–H groups in total. The quantitative estimate of drug-likeness (QED) is 0.459. The van der Waals surface area contributed by atoms with Gasteiger partial charge < -0.3 is 9.84 Å². The van der Waals surface area contributed by atoms with Crippen LogP contribution in [0, 0.1) is 0 Å². The van der Waals surface area contributed by atoms with E-state index in [0.29, 0.717) is 6.42 Å². The third kappa shape index (κ3) is 2.11. The molecule has 1 fully saturated rings. The van der Waals surface area contributed by atoms with Crippen molar-refractivity contribution in [1.29, 1.82) is 0 Å². The van der Waals surface area contributed by atoms with Crippen LogP contribution in [-0.2, 0) is 4.74 Å². The fraction of sp³-hybridized carbons (Fsp3) is 1.00. The lowest BCUT2D eigenvalue weighted by Crippen LogP contribution is -2.48. The highest BCUT2D eigenvalue weighted by Crippen LogP contribution is 2.16. The van der Waals surface area contributed by atoms with Crippen molar-refractivity contribution < 1.29 is 20.3 Å². The topological polar surface area (TPSA) is 73.2 Å². The Balaban J connectivity index is 2.44. The van der Waals surface area contributed by atoms with Gasteiger partial charge in [0.2, 0.25) is 0 Å². The lowest BCUT2D eigenvalue weighted by molar-refractivity contribution is -0.356. The largest absolute Gasteiger partial charge is 0.391 e. The van der Waals surface area contributed by atoms with E-state index in [4.69, 9.17) is 15.2 Å². The minimum Gasteiger partial charge on any atom is -0.391 e. The van der Waals surface area contributed by atoms with Crippen LogP contribution in [0.1, 0.15) is 13.3 Å². The summed E-state index contributed by atoms with van der Waals surface area (Å²) in [6, 6.07) is -0.716. The van der Waals surface area contributed by atoms with Crippen LogP contribution >= 0.6 is 0 Å². The molecule has 3 unspecified atom stereocenters. The minimum atomic E-state index is -0.728. The van der Waals surface area contributed by atoms with Crippen molar-refractivity contribution in [3.63, 3.8) is 0 Å². The molecule has 0 aromatic carbocycles. The third-order valence-corrected chi connectivity index (χ3v) is 1.87. The van der Waals surface area contributed by atoms with Crippen molar-refractivity contribution in [2.45, 2.75) is 31.6 Å². The molecule has 11 heavy (non-hydrogen) atoms. The SMILES string of the molecule is CC1CC(O)C(N(O)O)CO1. The standard InChI is InChI=1S/C6H13NO4/c1-4-2-6(8)5(3-11-4)7(9)10/h4-6,8-10H,2-3H2,1H3. The summed E-state index contributed by atoms with van der Waals surface area (Å²) in [4.78, 5) is 0. The molecular formula is C6H13NO4. The van der Waals surface area contributed by atoms with Gasteiger partial charge in [0.05, 0.1) is 18.8 Å². The van der Waals surface area contributed by atoms with Crippen LogP contribution in [0.15, 0.2) is 0 Å². The van der Waals surface area contributed by atoms with Gasteiger partial charge in [-0.05, 0) is 6.92 Å². The van der Waals surface area contributed by atoms with Crippen molar-refractivity contribution in [1.82, 2.24) is 5.23 Å². The van der Waals surface area contributed by atoms with Crippen molar-refractivity contribution in [3.05, 3.63) is 0 Å². The van der Waals surface area contributed by atoms with Crippen molar-refractivity contribution in [2.75, 3.05) is 6.61 Å². The van der Waals surface area contributed by atoms with Crippen molar-refractivity contribution in [2.24, 2.45) is 0 Å². The van der Waals surface area contributed by atoms with E-state index in [2.05, 4.69) is 0 Å². The van der Waals surface area contributed by atoms with Crippen LogP contribution in [0.25, 0.3) is 0 Å². The van der Waals surface area contributed by atoms with E-state index in [1.807, 2.05) is 6.92 Å². The summed E-state index contributed by atoms with van der Waals surface area (Å²) in [5.74, 6) is 0. The molecule has 1 saturated heterocycles. The average Bonchev–Trinajstić information content (AvgIpc) is 1.85. The molecular weight excluding hydrogens is 150 g/mol. The normalized spacial score (nSPS) is 39.5. The first-order valence-corrected chi connectivity index (χ1v) is 3.58. The summed E-state index contributed by atoms with van der Waals surface area (Å²) in [6.45, 7) is 1.98. The predicted molar refractivity (Wildman–Crippen MR) is 35.2 cm³/mol. The monoisotopic (exact) mass is 163 g/mol. The van der Waals surface area contributed by atoms with E-state index in [1.165, 1.54) is 0 Å². The number of aliphatic hydroxyl groups excluding tert-OH is 1. The summed E-state index contributed by atoms with van der Waals surface area (Å²) in [5.41, 5.74) is 0. The molecule has 0 saturated carbocycles. The highest BCUT2D eigenvalue weighted by molar-refractivity contribution is 4.78. The molecule has 1 aliphatic heterocycles. The maximum atomic E-state index is 9.27. The Labute approximate surface area is 64.7 Å². The average molecular weight is 163 g/mol. The highest BCUT2D eigenvalue weighted by atomic mass is 16.8. The molecule has 0 spiro atoms. The van der Waals surface area contributed by atoms with E-state index in [-0.39, 0.29) is 17.9 Å². The molecule has 0 aromatic rings. The Morgan fingerprint density at radius 1 is 1.45 bits per heavy atom. The molecule has 0 bridgehead atoms. The Hall–Kier alpha value is -0.200. The molecule has 66 valence electrons. The second-order valence-electron chi connectivity index (χ2n) is 2.83. The number of hydrogen-bond acceptors (Lipinski definition) is 5. The summed E-state index contributed by atoms with van der Waals surface area (Å²) < 4.78 is 5.10. The van der Waals surface area contributed by atoms with Gasteiger partial charge in [0.25, 0.3) is 0 Å². The molecule has 1 heterocycles. The maximum Gasteiger partial charge on any atom is 0.112 e. The fourth-order valence-electron chi connectivity index (χ4n) is 1.16. The van der Waals surface area contributed by atoms with Gasteiger partial charge in [-0.25, -0.2) is 0 Å². The molecule has 0 aliphatic carbocycles. The molecule has 1 rings (SSSR count). The highest BCUT2D eigenvalue weighted by Gasteiger charge is 2.31. The number of ether oxygens (including phenoxy) is 1. The summed E-state index contributed by atoms with van der Waals surface area (Å²) in [5, 5.41) is 26.4. The second kappa shape index (κ2) is 3.46. The Morgan fingerprint density at radius 2 is 2.09 bits per heavy atom. The zero-order chi connectivity index (χ0) is 8.43. The van der Waals surface area contributed by atoms with E-state index in [9.17, 15) is 5.11 Å². The molecule has 3 atom stereocenters. The number of rotatable bonds is 1. The van der Waals surface area contributed by atoms with Gasteiger partial charge in [0, 0.05) is 6.42 Å². The lowest BCUT2D eigenvalue weighted by atomic mass is 10.0. The Kier molecular flexibility index (Phi) is 2.80. The second-order valence-corrected chi connectivity index (χ2v) is 2.83. The van der Waals surface area contributed by atoms with Gasteiger partial charge in [-0.1, -0.05) is 5.23 Å². The van der Waals surface area contributed by atoms with E-state index in [0.717, 1.165) is 0 Å². The maximum absolute atomic E-state index is 9.27. The van der Waals surface area contributed by atoms with Gasteiger partial charge in [-0.2, -0.15) is 0 Å². The van der Waals surface area contributed by atoms with Crippen molar-refractivity contribution in [3.8, 4) is 0 Å². The fourth-order valence-corrected chi connectivity index (χ4v) is 1.16. The third-order valence-electron chi connectivity index (χ3n) is 1.87. The number of aliphatic hydroxyl groups is 1. The van der Waals surface area contributed by atoms with Crippen molar-refractivity contribution >= 4 is 0 Å². The van der Waals surface area contributed by atoms with Crippen LogP contribution in [0.3, 0.4) is 0 Å².